The van der Waals surface area contributed by atoms with Gasteiger partial charge in [-0.3, -0.25) is 0 Å². The fraction of sp³-hybridized carbons (Fsp3) is 0.308. The third kappa shape index (κ3) is 3.73. The number of rotatable bonds is 6. The van der Waals surface area contributed by atoms with Gasteiger partial charge in [0.25, 0.3) is 16.0 Å². The van der Waals surface area contributed by atoms with Gasteiger partial charge in [-0.05, 0) is 30.7 Å². The number of anilines is 1. The second-order valence-corrected chi connectivity index (χ2v) is 6.05. The van der Waals surface area contributed by atoms with Gasteiger partial charge in [0, 0.05) is 6.54 Å². The first kappa shape index (κ1) is 15.3. The summed E-state index contributed by atoms with van der Waals surface area (Å²) in [4.78, 5) is 4.07. The molecular formula is C13H17N5O2S. The van der Waals surface area contributed by atoms with Crippen molar-refractivity contribution >= 4 is 16.0 Å². The normalized spacial score (nSPS) is 11.3. The molecule has 1 heterocycles. The Hall–Kier alpha value is -2.06. The van der Waals surface area contributed by atoms with Crippen LogP contribution in [-0.4, -0.2) is 30.6 Å². The number of hydrogen-bond acceptors (Lipinski definition) is 6. The van der Waals surface area contributed by atoms with E-state index in [4.69, 9.17) is 0 Å². The smallest absolute Gasteiger partial charge is 0.264 e. The van der Waals surface area contributed by atoms with Gasteiger partial charge in [0.15, 0.2) is 0 Å². The number of hydrogen-bond donors (Lipinski definition) is 2. The van der Waals surface area contributed by atoms with E-state index in [0.717, 1.165) is 11.1 Å². The van der Waals surface area contributed by atoms with Crippen LogP contribution in [0.2, 0.25) is 0 Å². The van der Waals surface area contributed by atoms with Crippen LogP contribution in [0, 0.1) is 0 Å². The molecule has 1 aromatic heterocycles. The lowest BCUT2D eigenvalue weighted by Gasteiger charge is -2.12. The second-order valence-electron chi connectivity index (χ2n) is 4.40. The lowest BCUT2D eigenvalue weighted by atomic mass is 10.1. The van der Waals surface area contributed by atoms with E-state index in [1.807, 2.05) is 26.1 Å². The molecule has 0 unspecified atom stereocenters. The molecule has 0 saturated heterocycles. The van der Waals surface area contributed by atoms with Gasteiger partial charge in [0.1, 0.15) is 0 Å². The number of aromatic nitrogens is 3. The number of sulfonamides is 1. The first-order chi connectivity index (χ1) is 10.1. The first-order valence-electron chi connectivity index (χ1n) is 6.49. The maximum absolute atomic E-state index is 12.5. The Labute approximate surface area is 123 Å². The van der Waals surface area contributed by atoms with Gasteiger partial charge in [0.2, 0.25) is 0 Å². The van der Waals surface area contributed by atoms with Crippen molar-refractivity contribution in [3.8, 4) is 0 Å². The van der Waals surface area contributed by atoms with E-state index in [1.165, 1.54) is 12.4 Å². The van der Waals surface area contributed by atoms with Gasteiger partial charge in [-0.25, -0.2) is 18.1 Å². The first-order valence-corrected chi connectivity index (χ1v) is 7.98. The van der Waals surface area contributed by atoms with Crippen LogP contribution >= 0.6 is 0 Å². The minimum atomic E-state index is -3.74. The summed E-state index contributed by atoms with van der Waals surface area (Å²) < 4.78 is 27.3. The molecule has 2 rings (SSSR count). The van der Waals surface area contributed by atoms with Gasteiger partial charge in [0.05, 0.1) is 17.3 Å². The maximum Gasteiger partial charge on any atom is 0.264 e. The number of nitrogens with zero attached hydrogens (tertiary/aromatic N) is 3. The molecule has 0 aliphatic carbocycles. The van der Waals surface area contributed by atoms with Gasteiger partial charge >= 0.3 is 0 Å². The highest BCUT2D eigenvalue weighted by molar-refractivity contribution is 7.92. The van der Waals surface area contributed by atoms with Crippen molar-refractivity contribution in [3.63, 3.8) is 0 Å². The molecule has 112 valence electrons. The van der Waals surface area contributed by atoms with Crippen molar-refractivity contribution in [1.82, 2.24) is 20.5 Å². The summed E-state index contributed by atoms with van der Waals surface area (Å²) in [6.07, 6.45) is 3.37. The highest BCUT2D eigenvalue weighted by Gasteiger charge is 2.19. The summed E-state index contributed by atoms with van der Waals surface area (Å²) >= 11 is 0. The summed E-state index contributed by atoms with van der Waals surface area (Å²) in [5.74, 6) is -0.0430. The molecular weight excluding hydrogens is 290 g/mol. The Kier molecular flexibility index (Phi) is 4.81. The number of nitrogens with one attached hydrogen (secondary N) is 2. The number of aryl methyl sites for hydroxylation is 1. The number of benzene rings is 1. The zero-order valence-corrected chi connectivity index (χ0v) is 12.7. The van der Waals surface area contributed by atoms with Crippen LogP contribution in [0.15, 0.2) is 35.5 Å². The van der Waals surface area contributed by atoms with Crippen LogP contribution in [0.4, 0.5) is 5.95 Å². The molecule has 0 spiro atoms. The zero-order chi connectivity index (χ0) is 15.3. The second kappa shape index (κ2) is 6.59. The summed E-state index contributed by atoms with van der Waals surface area (Å²) in [5, 5.41) is 10.2. The van der Waals surface area contributed by atoms with E-state index in [0.29, 0.717) is 13.0 Å². The SMILES string of the molecule is CCc1ccc(CNC)cc1S(=O)(=O)Nc1nccnn1. The Morgan fingerprint density at radius 3 is 2.67 bits per heavy atom. The average molecular weight is 307 g/mol. The van der Waals surface area contributed by atoms with Crippen LogP contribution in [0.5, 0.6) is 0 Å². The molecule has 7 nitrogen and oxygen atoms in total. The summed E-state index contributed by atoms with van der Waals surface area (Å²) in [5.41, 5.74) is 1.63. The lowest BCUT2D eigenvalue weighted by molar-refractivity contribution is 0.599. The van der Waals surface area contributed by atoms with Crippen LogP contribution in [0.25, 0.3) is 0 Å². The van der Waals surface area contributed by atoms with Crippen LogP contribution in [-0.2, 0) is 23.0 Å². The van der Waals surface area contributed by atoms with Gasteiger partial charge in [-0.2, -0.15) is 5.10 Å². The monoisotopic (exact) mass is 307 g/mol. The predicted molar refractivity (Wildman–Crippen MR) is 79.2 cm³/mol. The molecule has 1 aromatic carbocycles. The summed E-state index contributed by atoms with van der Waals surface area (Å²) in [6, 6.07) is 5.40. The Balaban J connectivity index is 2.40. The molecule has 8 heteroatoms. The minimum absolute atomic E-state index is 0.0430. The van der Waals surface area contributed by atoms with Crippen molar-refractivity contribution < 1.29 is 8.42 Å². The van der Waals surface area contributed by atoms with E-state index >= 15 is 0 Å². The molecule has 0 amide bonds. The maximum atomic E-state index is 12.5. The third-order valence-corrected chi connectivity index (χ3v) is 4.30. The molecule has 2 N–H and O–H groups in total. The molecule has 0 saturated carbocycles. The van der Waals surface area contributed by atoms with Crippen LogP contribution < -0.4 is 10.0 Å². The standard InChI is InChI=1S/C13H17N5O2S/c1-3-11-5-4-10(9-14-2)8-12(11)21(19,20)18-13-15-6-7-16-17-13/h4-8,14H,3,9H2,1-2H3,(H,15,17,18). The molecule has 0 radical (unpaired) electrons. The fourth-order valence-electron chi connectivity index (χ4n) is 1.92. The van der Waals surface area contributed by atoms with Crippen molar-refractivity contribution in [3.05, 3.63) is 41.7 Å². The zero-order valence-electron chi connectivity index (χ0n) is 11.9. The minimum Gasteiger partial charge on any atom is -0.316 e. The highest BCUT2D eigenvalue weighted by Crippen LogP contribution is 2.20. The molecule has 0 fully saturated rings. The highest BCUT2D eigenvalue weighted by atomic mass is 32.2. The van der Waals surface area contributed by atoms with Crippen molar-refractivity contribution in [2.24, 2.45) is 0 Å². The molecule has 2 aromatic rings. The Bertz CT molecular complexity index is 704. The third-order valence-electron chi connectivity index (χ3n) is 2.89. The van der Waals surface area contributed by atoms with Crippen molar-refractivity contribution in [2.45, 2.75) is 24.8 Å². The molecule has 21 heavy (non-hydrogen) atoms. The Morgan fingerprint density at radius 2 is 2.05 bits per heavy atom. The van der Waals surface area contributed by atoms with E-state index in [1.54, 1.807) is 6.07 Å². The van der Waals surface area contributed by atoms with Crippen LogP contribution in [0.3, 0.4) is 0 Å². The topological polar surface area (TPSA) is 96.9 Å². The lowest BCUT2D eigenvalue weighted by Crippen LogP contribution is -2.18. The Morgan fingerprint density at radius 1 is 1.24 bits per heavy atom. The van der Waals surface area contributed by atoms with Crippen molar-refractivity contribution in [2.75, 3.05) is 11.8 Å². The fourth-order valence-corrected chi connectivity index (χ4v) is 3.23. The summed E-state index contributed by atoms with van der Waals surface area (Å²) in [6.45, 7) is 2.50. The average Bonchev–Trinajstić information content (AvgIpc) is 2.48. The van der Waals surface area contributed by atoms with E-state index < -0.39 is 10.0 Å². The van der Waals surface area contributed by atoms with E-state index in [9.17, 15) is 8.42 Å². The largest absolute Gasteiger partial charge is 0.316 e. The van der Waals surface area contributed by atoms with E-state index in [-0.39, 0.29) is 10.8 Å². The molecule has 0 atom stereocenters. The van der Waals surface area contributed by atoms with Gasteiger partial charge in [-0.1, -0.05) is 19.1 Å². The van der Waals surface area contributed by atoms with Gasteiger partial charge < -0.3 is 5.32 Å². The molecule has 0 bridgehead atoms. The predicted octanol–water partition coefficient (Wildman–Crippen LogP) is 0.954. The van der Waals surface area contributed by atoms with E-state index in [2.05, 4.69) is 25.2 Å². The molecule has 0 aliphatic rings. The van der Waals surface area contributed by atoms with Crippen LogP contribution in [0.1, 0.15) is 18.1 Å². The summed E-state index contributed by atoms with van der Waals surface area (Å²) in [7, 11) is -1.93. The van der Waals surface area contributed by atoms with Crippen molar-refractivity contribution in [1.29, 1.82) is 0 Å². The quantitative estimate of drug-likeness (QED) is 0.825. The van der Waals surface area contributed by atoms with Gasteiger partial charge in [-0.15, -0.1) is 5.10 Å². The molecule has 0 aliphatic heterocycles.